The van der Waals surface area contributed by atoms with E-state index in [1.807, 2.05) is 0 Å². The largest absolute Gasteiger partial charge is 0.447 e. The molecule has 1 fully saturated rings. The van der Waals surface area contributed by atoms with Crippen molar-refractivity contribution in [3.8, 4) is 0 Å². The maximum absolute atomic E-state index is 12.1. The molecular weight excluding hydrogens is 276 g/mol. The van der Waals surface area contributed by atoms with Gasteiger partial charge in [-0.15, -0.1) is 0 Å². The Labute approximate surface area is 121 Å². The Kier molecular flexibility index (Phi) is 4.88. The van der Waals surface area contributed by atoms with Gasteiger partial charge in [0.15, 0.2) is 0 Å². The third kappa shape index (κ3) is 3.84. The van der Waals surface area contributed by atoms with E-state index in [2.05, 4.69) is 23.9 Å². The minimum absolute atomic E-state index is 0.0118. The summed E-state index contributed by atoms with van der Waals surface area (Å²) in [5.41, 5.74) is 0.186. The van der Waals surface area contributed by atoms with Gasteiger partial charge in [0.1, 0.15) is 5.76 Å². The molecule has 0 amide bonds. The lowest BCUT2D eigenvalue weighted by atomic mass is 10.1. The van der Waals surface area contributed by atoms with Crippen LogP contribution in [0.1, 0.15) is 45.3 Å². The summed E-state index contributed by atoms with van der Waals surface area (Å²) in [5.74, 6) is 0.649. The van der Waals surface area contributed by atoms with Gasteiger partial charge < -0.3 is 9.73 Å². The molecule has 0 spiro atoms. The molecule has 0 aliphatic heterocycles. The summed E-state index contributed by atoms with van der Waals surface area (Å²) in [5, 5.41) is 3.19. The first-order valence-electron chi connectivity index (χ1n) is 7.30. The van der Waals surface area contributed by atoms with Crippen LogP contribution in [0.15, 0.2) is 21.6 Å². The van der Waals surface area contributed by atoms with Crippen LogP contribution in [0.4, 0.5) is 0 Å². The maximum Gasteiger partial charge on any atom is 0.273 e. The first kappa shape index (κ1) is 15.5. The van der Waals surface area contributed by atoms with Crippen LogP contribution in [0.5, 0.6) is 0 Å². The lowest BCUT2D eigenvalue weighted by molar-refractivity contribution is 0.396. The van der Waals surface area contributed by atoms with E-state index in [4.69, 9.17) is 4.42 Å². The lowest BCUT2D eigenvalue weighted by Gasteiger charge is -2.12. The SMILES string of the molecule is CCCNCc1ccc(S(=O)(=O)NCC2(CC)CC2)o1. The van der Waals surface area contributed by atoms with Gasteiger partial charge in [0.2, 0.25) is 5.09 Å². The molecule has 6 heteroatoms. The molecule has 1 saturated carbocycles. The zero-order valence-corrected chi connectivity index (χ0v) is 13.1. The molecule has 0 radical (unpaired) electrons. The van der Waals surface area contributed by atoms with E-state index in [0.29, 0.717) is 18.8 Å². The van der Waals surface area contributed by atoms with Crippen molar-refractivity contribution in [3.63, 3.8) is 0 Å². The molecule has 1 aliphatic carbocycles. The zero-order chi connectivity index (χ0) is 14.6. The van der Waals surface area contributed by atoms with Crippen molar-refractivity contribution in [1.82, 2.24) is 10.0 Å². The Balaban J connectivity index is 1.92. The van der Waals surface area contributed by atoms with Crippen molar-refractivity contribution in [3.05, 3.63) is 17.9 Å². The minimum atomic E-state index is -3.52. The van der Waals surface area contributed by atoms with Crippen molar-refractivity contribution in [2.75, 3.05) is 13.1 Å². The molecule has 2 rings (SSSR count). The van der Waals surface area contributed by atoms with Crippen molar-refractivity contribution in [2.24, 2.45) is 5.41 Å². The van der Waals surface area contributed by atoms with Gasteiger partial charge >= 0.3 is 0 Å². The third-order valence-electron chi connectivity index (χ3n) is 3.97. The monoisotopic (exact) mass is 300 g/mol. The summed E-state index contributed by atoms with van der Waals surface area (Å²) in [7, 11) is -3.52. The molecule has 1 aromatic rings. The second kappa shape index (κ2) is 6.28. The van der Waals surface area contributed by atoms with E-state index in [9.17, 15) is 8.42 Å². The highest BCUT2D eigenvalue weighted by Gasteiger charge is 2.41. The predicted molar refractivity (Wildman–Crippen MR) is 77.9 cm³/mol. The van der Waals surface area contributed by atoms with Gasteiger partial charge in [-0.25, -0.2) is 13.1 Å². The highest BCUT2D eigenvalue weighted by Crippen LogP contribution is 2.48. The quantitative estimate of drug-likeness (QED) is 0.686. The summed E-state index contributed by atoms with van der Waals surface area (Å²) in [6, 6.07) is 3.24. The van der Waals surface area contributed by atoms with Crippen LogP contribution in [0.25, 0.3) is 0 Å². The van der Waals surface area contributed by atoms with Crippen LogP contribution in [0.3, 0.4) is 0 Å². The Hall–Kier alpha value is -0.850. The molecule has 20 heavy (non-hydrogen) atoms. The number of sulfonamides is 1. The van der Waals surface area contributed by atoms with Crippen molar-refractivity contribution >= 4 is 10.0 Å². The highest BCUT2D eigenvalue weighted by atomic mass is 32.2. The molecule has 1 aliphatic rings. The van der Waals surface area contributed by atoms with E-state index >= 15 is 0 Å². The van der Waals surface area contributed by atoms with E-state index in [1.165, 1.54) is 6.07 Å². The van der Waals surface area contributed by atoms with E-state index in [1.54, 1.807) is 6.07 Å². The van der Waals surface area contributed by atoms with Crippen molar-refractivity contribution in [2.45, 2.75) is 51.2 Å². The maximum atomic E-state index is 12.1. The number of rotatable bonds is 9. The minimum Gasteiger partial charge on any atom is -0.447 e. The highest BCUT2D eigenvalue weighted by molar-refractivity contribution is 7.89. The van der Waals surface area contributed by atoms with Gasteiger partial charge in [-0.3, -0.25) is 0 Å². The van der Waals surface area contributed by atoms with Gasteiger partial charge in [0, 0.05) is 6.54 Å². The van der Waals surface area contributed by atoms with E-state index in [-0.39, 0.29) is 10.5 Å². The number of hydrogen-bond donors (Lipinski definition) is 2. The van der Waals surface area contributed by atoms with Crippen molar-refractivity contribution in [1.29, 1.82) is 0 Å². The molecule has 114 valence electrons. The van der Waals surface area contributed by atoms with Gasteiger partial charge in [0.25, 0.3) is 10.0 Å². The van der Waals surface area contributed by atoms with Crippen LogP contribution in [0.2, 0.25) is 0 Å². The number of nitrogens with one attached hydrogen (secondary N) is 2. The van der Waals surface area contributed by atoms with Crippen molar-refractivity contribution < 1.29 is 12.8 Å². The Bertz CT molecular complexity index is 532. The molecule has 0 bridgehead atoms. The molecule has 1 aromatic heterocycles. The summed E-state index contributed by atoms with van der Waals surface area (Å²) >= 11 is 0. The predicted octanol–water partition coefficient (Wildman–Crippen LogP) is 2.25. The number of furan rings is 1. The normalized spacial score (nSPS) is 17.3. The average molecular weight is 300 g/mol. The standard InChI is InChI=1S/C14H24N2O3S/c1-3-9-15-10-12-5-6-13(19-12)20(17,18)16-11-14(4-2)7-8-14/h5-6,15-16H,3-4,7-11H2,1-2H3. The molecule has 1 heterocycles. The fourth-order valence-electron chi connectivity index (χ4n) is 2.14. The summed E-state index contributed by atoms with van der Waals surface area (Å²) in [4.78, 5) is 0. The molecule has 5 nitrogen and oxygen atoms in total. The zero-order valence-electron chi connectivity index (χ0n) is 12.2. The van der Waals surface area contributed by atoms with Crippen LogP contribution in [0, 0.1) is 5.41 Å². The second-order valence-electron chi connectivity index (χ2n) is 5.58. The van der Waals surface area contributed by atoms with Gasteiger partial charge in [0.05, 0.1) is 6.54 Å². The fourth-order valence-corrected chi connectivity index (χ4v) is 3.24. The second-order valence-corrected chi connectivity index (χ2v) is 7.27. The van der Waals surface area contributed by atoms with E-state index in [0.717, 1.165) is 32.2 Å². The van der Waals surface area contributed by atoms with E-state index < -0.39 is 10.0 Å². The fraction of sp³-hybridized carbons (Fsp3) is 0.714. The van der Waals surface area contributed by atoms with Gasteiger partial charge in [-0.2, -0.15) is 0 Å². The van der Waals surface area contributed by atoms with Gasteiger partial charge in [-0.05, 0) is 49.8 Å². The molecule has 0 atom stereocenters. The summed E-state index contributed by atoms with van der Waals surface area (Å²) in [6.45, 7) is 6.14. The third-order valence-corrected chi connectivity index (χ3v) is 5.25. The molecule has 0 aromatic carbocycles. The smallest absolute Gasteiger partial charge is 0.273 e. The van der Waals surface area contributed by atoms with Crippen LogP contribution in [-0.2, 0) is 16.6 Å². The average Bonchev–Trinajstić information content (AvgIpc) is 3.06. The first-order chi connectivity index (χ1) is 9.51. The Morgan fingerprint density at radius 3 is 2.65 bits per heavy atom. The van der Waals surface area contributed by atoms with Crippen LogP contribution < -0.4 is 10.0 Å². The molecular formula is C14H24N2O3S. The first-order valence-corrected chi connectivity index (χ1v) is 8.79. The molecule has 0 unspecified atom stereocenters. The topological polar surface area (TPSA) is 71.3 Å². The molecule has 0 saturated heterocycles. The summed E-state index contributed by atoms with van der Waals surface area (Å²) in [6.07, 6.45) is 4.26. The van der Waals surface area contributed by atoms with Crippen LogP contribution >= 0.6 is 0 Å². The summed E-state index contributed by atoms with van der Waals surface area (Å²) < 4.78 is 32.4. The van der Waals surface area contributed by atoms with Crippen LogP contribution in [-0.4, -0.2) is 21.5 Å². The molecule has 2 N–H and O–H groups in total. The lowest BCUT2D eigenvalue weighted by Crippen LogP contribution is -2.29. The van der Waals surface area contributed by atoms with Gasteiger partial charge in [-0.1, -0.05) is 13.8 Å². The number of hydrogen-bond acceptors (Lipinski definition) is 4. The Morgan fingerprint density at radius 2 is 2.05 bits per heavy atom. The Morgan fingerprint density at radius 1 is 1.30 bits per heavy atom.